The third kappa shape index (κ3) is 5.32. The lowest BCUT2D eigenvalue weighted by Gasteiger charge is -2.24. The van der Waals surface area contributed by atoms with Gasteiger partial charge in [0.15, 0.2) is 0 Å². The Balaban J connectivity index is 0.000000686. The number of hydrogen-bond donors (Lipinski definition) is 0. The van der Waals surface area contributed by atoms with Crippen molar-refractivity contribution in [3.05, 3.63) is 77.1 Å². The molecule has 0 saturated heterocycles. The van der Waals surface area contributed by atoms with E-state index in [1.807, 2.05) is 62.4 Å². The summed E-state index contributed by atoms with van der Waals surface area (Å²) in [5, 5.41) is 4.45. The first-order valence-corrected chi connectivity index (χ1v) is 5.99. The lowest BCUT2D eigenvalue weighted by atomic mass is 10.2. The minimum Gasteiger partial charge on any atom is -0.658 e. The van der Waals surface area contributed by atoms with E-state index in [2.05, 4.69) is 17.4 Å². The summed E-state index contributed by atoms with van der Waals surface area (Å²) in [4.78, 5) is 0. The third-order valence-corrected chi connectivity index (χ3v) is 2.11. The van der Waals surface area contributed by atoms with Crippen LogP contribution in [0.4, 0.5) is 0 Å². The molecule has 0 spiro atoms. The van der Waals surface area contributed by atoms with E-state index in [1.165, 1.54) is 0 Å². The van der Waals surface area contributed by atoms with Crippen LogP contribution >= 0.6 is 0 Å². The van der Waals surface area contributed by atoms with E-state index in [9.17, 15) is 0 Å². The highest BCUT2D eigenvalue weighted by Gasteiger charge is 1.75. The molecule has 0 heterocycles. The van der Waals surface area contributed by atoms with Crippen molar-refractivity contribution in [2.75, 3.05) is 0 Å². The zero-order chi connectivity index (χ0) is 12.3. The van der Waals surface area contributed by atoms with Gasteiger partial charge in [0.25, 0.3) is 0 Å². The molecule has 0 fully saturated rings. The second-order valence-corrected chi connectivity index (χ2v) is 3.32. The fourth-order valence-corrected chi connectivity index (χ4v) is 1.35. The van der Waals surface area contributed by atoms with Crippen LogP contribution in [0.3, 0.4) is 0 Å². The van der Waals surface area contributed by atoms with E-state index >= 15 is 0 Å². The molecule has 0 amide bonds. The molecule has 0 atom stereocenters. The van der Waals surface area contributed by atoms with Gasteiger partial charge in [0.2, 0.25) is 0 Å². The topological polar surface area (TPSA) is 14.1 Å². The summed E-state index contributed by atoms with van der Waals surface area (Å²) >= 11 is 0. The highest BCUT2D eigenvalue weighted by atomic mass is 14.8. The zero-order valence-corrected chi connectivity index (χ0v) is 10.5. The van der Waals surface area contributed by atoms with Gasteiger partial charge in [-0.1, -0.05) is 13.8 Å². The normalized spacial score (nSPS) is 9.29. The third-order valence-electron chi connectivity index (χ3n) is 2.11. The van der Waals surface area contributed by atoms with Crippen molar-refractivity contribution in [2.24, 2.45) is 0 Å². The minimum atomic E-state index is 0.726. The highest BCUT2D eigenvalue weighted by Crippen LogP contribution is 2.08. The lowest BCUT2D eigenvalue weighted by molar-refractivity contribution is 1.05. The van der Waals surface area contributed by atoms with Gasteiger partial charge in [0, 0.05) is 0 Å². The Labute approximate surface area is 105 Å². The first-order chi connectivity index (χ1) is 8.45. The van der Waals surface area contributed by atoms with Crippen molar-refractivity contribution in [1.29, 1.82) is 0 Å². The van der Waals surface area contributed by atoms with Gasteiger partial charge in [0.1, 0.15) is 0 Å². The Morgan fingerprint density at radius 1 is 0.824 bits per heavy atom. The second-order valence-electron chi connectivity index (χ2n) is 3.32. The molecule has 0 aliphatic carbocycles. The molecule has 0 aliphatic rings. The zero-order valence-electron chi connectivity index (χ0n) is 10.5. The van der Waals surface area contributed by atoms with Gasteiger partial charge in [-0.25, -0.2) is 0 Å². The Bertz CT molecular complexity index is 341. The summed E-state index contributed by atoms with van der Waals surface area (Å²) in [7, 11) is 0. The molecule has 2 rings (SSSR count). The summed E-state index contributed by atoms with van der Waals surface area (Å²) in [6.45, 7) is 5.45. The molecule has 2 aromatic carbocycles. The van der Waals surface area contributed by atoms with Gasteiger partial charge < -0.3 is 5.32 Å². The van der Waals surface area contributed by atoms with E-state index in [0.29, 0.717) is 0 Å². The number of hydrogen-bond acceptors (Lipinski definition) is 0. The summed E-state index contributed by atoms with van der Waals surface area (Å²) < 4.78 is 0. The van der Waals surface area contributed by atoms with Crippen LogP contribution in [0.2, 0.25) is 0 Å². The fourth-order valence-electron chi connectivity index (χ4n) is 1.35. The number of benzene rings is 2. The van der Waals surface area contributed by atoms with Gasteiger partial charge in [-0.05, 0) is 0 Å². The van der Waals surface area contributed by atoms with Gasteiger partial charge in [-0.15, -0.1) is 13.1 Å². The number of nitrogens with zero attached hydrogens (tertiary/aromatic N) is 1. The molecule has 1 heteroatoms. The molecule has 0 saturated carbocycles. The van der Waals surface area contributed by atoms with Crippen LogP contribution in [0.25, 0.3) is 5.32 Å². The summed E-state index contributed by atoms with van der Waals surface area (Å²) in [6.07, 6.45) is 0. The van der Waals surface area contributed by atoms with Crippen LogP contribution in [0.15, 0.2) is 48.5 Å². The molecule has 17 heavy (non-hydrogen) atoms. The van der Waals surface area contributed by atoms with E-state index in [0.717, 1.165) is 24.2 Å². The van der Waals surface area contributed by atoms with Crippen LogP contribution in [0.1, 0.15) is 25.0 Å². The molecule has 90 valence electrons. The monoisotopic (exact) mass is 224 g/mol. The van der Waals surface area contributed by atoms with E-state index < -0.39 is 0 Å². The molecule has 1 nitrogen and oxygen atoms in total. The SMILES string of the molecule is CC.[c-]1ccccc1C[N-]Cc1[c-]cccc1. The minimum absolute atomic E-state index is 0.726. The van der Waals surface area contributed by atoms with Gasteiger partial charge >= 0.3 is 0 Å². The van der Waals surface area contributed by atoms with Crippen molar-refractivity contribution in [3.63, 3.8) is 0 Å². The average molecular weight is 224 g/mol. The fraction of sp³-hybridized carbons (Fsp3) is 0.250. The van der Waals surface area contributed by atoms with Crippen molar-refractivity contribution >= 4 is 0 Å². The van der Waals surface area contributed by atoms with E-state index in [4.69, 9.17) is 0 Å². The summed E-state index contributed by atoms with van der Waals surface area (Å²) in [5.41, 5.74) is 2.27. The predicted molar refractivity (Wildman–Crippen MR) is 72.7 cm³/mol. The van der Waals surface area contributed by atoms with Crippen molar-refractivity contribution in [2.45, 2.75) is 26.9 Å². The second kappa shape index (κ2) is 8.54. The Kier molecular flexibility index (Phi) is 6.76. The molecular weight excluding hydrogens is 206 g/mol. The molecule has 0 unspecified atom stereocenters. The van der Waals surface area contributed by atoms with Gasteiger partial charge in [0.05, 0.1) is 0 Å². The quantitative estimate of drug-likeness (QED) is 0.684. The van der Waals surface area contributed by atoms with Crippen LogP contribution in [-0.4, -0.2) is 0 Å². The standard InChI is InChI=1S/C14H12N.C2H6/c1-3-7-13(8-4-1)11-15-12-14-9-5-2-6-10-14;1-2/h1-7,9H,11-12H2;1-2H3/q-3;. The maximum Gasteiger partial charge on any atom is -0.0683 e. The number of rotatable bonds is 4. The van der Waals surface area contributed by atoms with Crippen LogP contribution in [0.5, 0.6) is 0 Å². The maximum atomic E-state index is 4.45. The molecular formula is C16H18N-3. The van der Waals surface area contributed by atoms with Crippen LogP contribution in [-0.2, 0) is 13.1 Å². The molecule has 0 aliphatic heterocycles. The van der Waals surface area contributed by atoms with Crippen molar-refractivity contribution in [1.82, 2.24) is 0 Å². The largest absolute Gasteiger partial charge is 0.658 e. The Hall–Kier alpha value is -1.60. The van der Waals surface area contributed by atoms with Crippen LogP contribution in [0, 0.1) is 12.1 Å². The molecule has 0 radical (unpaired) electrons. The van der Waals surface area contributed by atoms with Crippen LogP contribution < -0.4 is 0 Å². The smallest absolute Gasteiger partial charge is 0.0683 e. The first kappa shape index (κ1) is 13.5. The van der Waals surface area contributed by atoms with Gasteiger partial charge in [-0.3, -0.25) is 0 Å². The summed E-state index contributed by atoms with van der Waals surface area (Å²) in [6, 6.07) is 22.2. The first-order valence-electron chi connectivity index (χ1n) is 5.99. The average Bonchev–Trinajstić information content (AvgIpc) is 2.43. The molecule has 2 aromatic rings. The predicted octanol–water partition coefficient (Wildman–Crippen LogP) is 4.39. The molecule has 0 aromatic heterocycles. The highest BCUT2D eigenvalue weighted by molar-refractivity contribution is 5.19. The Morgan fingerprint density at radius 2 is 1.29 bits per heavy atom. The molecule has 0 bridgehead atoms. The van der Waals surface area contributed by atoms with Crippen molar-refractivity contribution in [3.8, 4) is 0 Å². The van der Waals surface area contributed by atoms with Gasteiger partial charge in [-0.2, -0.15) is 71.8 Å². The molecule has 0 N–H and O–H groups in total. The Morgan fingerprint density at radius 3 is 1.65 bits per heavy atom. The van der Waals surface area contributed by atoms with E-state index in [1.54, 1.807) is 0 Å². The lowest BCUT2D eigenvalue weighted by Crippen LogP contribution is -1.87. The summed E-state index contributed by atoms with van der Waals surface area (Å²) in [5.74, 6) is 0. The van der Waals surface area contributed by atoms with Crippen molar-refractivity contribution < 1.29 is 0 Å². The van der Waals surface area contributed by atoms with E-state index in [-0.39, 0.29) is 0 Å². The maximum absolute atomic E-state index is 4.45.